The van der Waals surface area contributed by atoms with Crippen molar-refractivity contribution in [1.82, 2.24) is 20.2 Å². The highest BCUT2D eigenvalue weighted by atomic mass is 16.5. The van der Waals surface area contributed by atoms with Gasteiger partial charge in [-0.25, -0.2) is 9.97 Å². The number of ether oxygens (including phenoxy) is 1. The fourth-order valence-corrected chi connectivity index (χ4v) is 4.35. The minimum Gasteiger partial charge on any atom is -0.373 e. The molecule has 2 N–H and O–H groups in total. The van der Waals surface area contributed by atoms with E-state index >= 15 is 0 Å². The van der Waals surface area contributed by atoms with E-state index in [0.717, 1.165) is 47.7 Å². The second-order valence-electron chi connectivity index (χ2n) is 8.66. The van der Waals surface area contributed by atoms with Gasteiger partial charge >= 0.3 is 0 Å². The average molecular weight is 486 g/mol. The molecule has 3 heterocycles. The van der Waals surface area contributed by atoms with Crippen molar-refractivity contribution in [3.63, 3.8) is 0 Å². The number of carbonyl (C=O) groups is 1. The van der Waals surface area contributed by atoms with Gasteiger partial charge in [0.25, 0.3) is 5.91 Å². The first-order valence-electron chi connectivity index (χ1n) is 12.8. The number of hydrogen-bond donors (Lipinski definition) is 2. The minimum absolute atomic E-state index is 0.0858. The summed E-state index contributed by atoms with van der Waals surface area (Å²) in [5.41, 5.74) is 5.17. The maximum absolute atomic E-state index is 12.9. The minimum atomic E-state index is -0.0858. The molecule has 36 heavy (non-hydrogen) atoms. The summed E-state index contributed by atoms with van der Waals surface area (Å²) in [5.74, 6) is 0.396. The molecule has 1 amide bonds. The van der Waals surface area contributed by atoms with Crippen molar-refractivity contribution in [2.75, 3.05) is 38.1 Å². The molecule has 5 rings (SSSR count). The SMILES string of the molecule is CC.O=C(NCCN1CCCC1)c1cc2cc(c1)Nc1nccc(n1)-c1cccc(c1)COC/C=C/2. The molecule has 1 aromatic heterocycles. The summed E-state index contributed by atoms with van der Waals surface area (Å²) in [6, 6.07) is 15.8. The smallest absolute Gasteiger partial charge is 0.251 e. The van der Waals surface area contributed by atoms with E-state index in [-0.39, 0.29) is 5.91 Å². The summed E-state index contributed by atoms with van der Waals surface area (Å²) < 4.78 is 5.84. The highest BCUT2D eigenvalue weighted by molar-refractivity contribution is 5.96. The Hall–Kier alpha value is -3.55. The second-order valence-corrected chi connectivity index (χ2v) is 8.66. The van der Waals surface area contributed by atoms with Crippen molar-refractivity contribution in [1.29, 1.82) is 0 Å². The van der Waals surface area contributed by atoms with E-state index < -0.39 is 0 Å². The van der Waals surface area contributed by atoms with Crippen LogP contribution in [0.15, 0.2) is 60.8 Å². The molecule has 6 bridgehead atoms. The number of aromatic nitrogens is 2. The van der Waals surface area contributed by atoms with Crippen molar-refractivity contribution in [3.05, 3.63) is 77.5 Å². The number of rotatable bonds is 4. The van der Waals surface area contributed by atoms with Crippen molar-refractivity contribution in [2.45, 2.75) is 33.3 Å². The normalized spacial score (nSPS) is 15.9. The van der Waals surface area contributed by atoms with Gasteiger partial charge in [0.2, 0.25) is 5.95 Å². The van der Waals surface area contributed by atoms with E-state index in [9.17, 15) is 4.79 Å². The molecule has 7 heteroatoms. The van der Waals surface area contributed by atoms with Crippen LogP contribution in [-0.4, -0.2) is 53.6 Å². The molecule has 0 unspecified atom stereocenters. The largest absolute Gasteiger partial charge is 0.373 e. The lowest BCUT2D eigenvalue weighted by atomic mass is 10.1. The Morgan fingerprint density at radius 3 is 2.83 bits per heavy atom. The van der Waals surface area contributed by atoms with Gasteiger partial charge < -0.3 is 20.3 Å². The van der Waals surface area contributed by atoms with Crippen LogP contribution < -0.4 is 10.6 Å². The Morgan fingerprint density at radius 1 is 1.11 bits per heavy atom. The van der Waals surface area contributed by atoms with E-state index in [1.165, 1.54) is 12.8 Å². The summed E-state index contributed by atoms with van der Waals surface area (Å²) >= 11 is 0. The van der Waals surface area contributed by atoms with Crippen LogP contribution in [0.3, 0.4) is 0 Å². The molecular weight excluding hydrogens is 450 g/mol. The lowest BCUT2D eigenvalue weighted by Gasteiger charge is -2.15. The van der Waals surface area contributed by atoms with Crippen LogP contribution in [0.1, 0.15) is 48.2 Å². The molecule has 188 valence electrons. The molecule has 2 aliphatic heterocycles. The standard InChI is InChI=1S/C27H29N5O2.C2H6/c33-26(28-10-13-32-11-1-2-12-32)23-15-20-6-4-14-34-19-21-5-3-7-22(16-21)25-8-9-29-27(31-25)30-24(17-20)18-23;1-2/h3-9,15-18H,1-2,10-14,19H2,(H,28,33)(H,29,30,31);1-2H3/b6-4+;. The van der Waals surface area contributed by atoms with Crippen LogP contribution >= 0.6 is 0 Å². The fourth-order valence-electron chi connectivity index (χ4n) is 4.35. The van der Waals surface area contributed by atoms with Crippen molar-refractivity contribution in [3.8, 4) is 11.3 Å². The van der Waals surface area contributed by atoms with Gasteiger partial charge in [0, 0.05) is 36.1 Å². The number of likely N-dealkylation sites (tertiary alicyclic amines) is 1. The zero-order valence-electron chi connectivity index (χ0n) is 21.2. The van der Waals surface area contributed by atoms with Gasteiger partial charge in [-0.3, -0.25) is 4.79 Å². The topological polar surface area (TPSA) is 79.4 Å². The molecule has 1 fully saturated rings. The molecule has 7 nitrogen and oxygen atoms in total. The van der Waals surface area contributed by atoms with E-state index in [0.29, 0.717) is 31.3 Å². The van der Waals surface area contributed by atoms with Crippen molar-refractivity contribution >= 4 is 23.6 Å². The number of carbonyl (C=O) groups excluding carboxylic acids is 1. The Balaban J connectivity index is 0.00000148. The van der Waals surface area contributed by atoms with E-state index in [2.05, 4.69) is 26.6 Å². The molecule has 2 aliphatic rings. The van der Waals surface area contributed by atoms with Gasteiger partial charge in [0.1, 0.15) is 0 Å². The van der Waals surface area contributed by atoms with E-state index in [1.807, 2.05) is 68.5 Å². The van der Waals surface area contributed by atoms with Crippen molar-refractivity contribution < 1.29 is 9.53 Å². The number of hydrogen-bond acceptors (Lipinski definition) is 6. The molecule has 0 spiro atoms. The Kier molecular flexibility index (Phi) is 9.19. The van der Waals surface area contributed by atoms with Gasteiger partial charge in [-0.05, 0) is 67.4 Å². The predicted molar refractivity (Wildman–Crippen MR) is 145 cm³/mol. The first-order chi connectivity index (χ1) is 17.7. The third-order valence-electron chi connectivity index (χ3n) is 6.06. The number of anilines is 2. The number of nitrogens with one attached hydrogen (secondary N) is 2. The molecule has 0 saturated carbocycles. The zero-order chi connectivity index (χ0) is 25.2. The lowest BCUT2D eigenvalue weighted by molar-refractivity contribution is 0.0949. The summed E-state index contributed by atoms with van der Waals surface area (Å²) in [6.07, 6.45) is 8.17. The molecule has 0 atom stereocenters. The predicted octanol–water partition coefficient (Wildman–Crippen LogP) is 5.28. The summed E-state index contributed by atoms with van der Waals surface area (Å²) in [6.45, 7) is 8.75. The Morgan fingerprint density at radius 2 is 1.97 bits per heavy atom. The zero-order valence-corrected chi connectivity index (χ0v) is 21.2. The van der Waals surface area contributed by atoms with Gasteiger partial charge in [-0.15, -0.1) is 0 Å². The number of amides is 1. The van der Waals surface area contributed by atoms with E-state index in [1.54, 1.807) is 6.20 Å². The maximum Gasteiger partial charge on any atom is 0.251 e. The number of nitrogens with zero attached hydrogens (tertiary/aromatic N) is 3. The first kappa shape index (κ1) is 25.5. The van der Waals surface area contributed by atoms with E-state index in [4.69, 9.17) is 9.72 Å². The molecule has 2 aromatic carbocycles. The molecule has 1 saturated heterocycles. The highest BCUT2D eigenvalue weighted by Crippen LogP contribution is 2.23. The molecule has 0 radical (unpaired) electrons. The van der Waals surface area contributed by atoms with Gasteiger partial charge in [-0.1, -0.05) is 44.2 Å². The van der Waals surface area contributed by atoms with Crippen LogP contribution in [0.25, 0.3) is 17.3 Å². The Bertz CT molecular complexity index is 1190. The molecule has 0 aliphatic carbocycles. The highest BCUT2D eigenvalue weighted by Gasteiger charge is 2.13. The van der Waals surface area contributed by atoms with Crippen LogP contribution in [0.5, 0.6) is 0 Å². The van der Waals surface area contributed by atoms with Crippen molar-refractivity contribution in [2.24, 2.45) is 0 Å². The van der Waals surface area contributed by atoms with Crippen LogP contribution in [-0.2, 0) is 11.3 Å². The van der Waals surface area contributed by atoms with Crippen LogP contribution in [0.4, 0.5) is 11.6 Å². The molecule has 3 aromatic rings. The van der Waals surface area contributed by atoms with Gasteiger partial charge in [-0.2, -0.15) is 0 Å². The monoisotopic (exact) mass is 485 g/mol. The number of benzene rings is 2. The number of fused-ring (bicyclic) bond motifs is 7. The molecular formula is C29H35N5O2. The second kappa shape index (κ2) is 13.0. The maximum atomic E-state index is 12.9. The van der Waals surface area contributed by atoms with Crippen LogP contribution in [0, 0.1) is 0 Å². The average Bonchev–Trinajstić information content (AvgIpc) is 3.43. The summed E-state index contributed by atoms with van der Waals surface area (Å²) in [5, 5.41) is 6.34. The fraction of sp³-hybridized carbons (Fsp3) is 0.345. The third-order valence-corrected chi connectivity index (χ3v) is 6.06. The van der Waals surface area contributed by atoms with Gasteiger partial charge in [0.05, 0.1) is 18.9 Å². The lowest BCUT2D eigenvalue weighted by Crippen LogP contribution is -2.33. The Labute approximate surface area is 213 Å². The third kappa shape index (κ3) is 6.99. The summed E-state index contributed by atoms with van der Waals surface area (Å²) in [4.78, 5) is 24.4. The van der Waals surface area contributed by atoms with Crippen LogP contribution in [0.2, 0.25) is 0 Å². The summed E-state index contributed by atoms with van der Waals surface area (Å²) in [7, 11) is 0. The van der Waals surface area contributed by atoms with Gasteiger partial charge in [0.15, 0.2) is 0 Å². The first-order valence-corrected chi connectivity index (χ1v) is 12.8. The quantitative estimate of drug-likeness (QED) is 0.523.